The van der Waals surface area contributed by atoms with E-state index in [0.29, 0.717) is 55.1 Å². The lowest BCUT2D eigenvalue weighted by Gasteiger charge is -2.22. The molecule has 2 aromatic rings. The Kier molecular flexibility index (Phi) is 7.31. The molecule has 2 aliphatic heterocycles. The molecule has 1 atom stereocenters. The number of anilines is 1. The van der Waals surface area contributed by atoms with Crippen LogP contribution in [0.2, 0.25) is 0 Å². The number of carbonyl (C=O) groups excluding carboxylic acids is 2. The molecule has 0 spiro atoms. The van der Waals surface area contributed by atoms with Crippen molar-refractivity contribution in [3.63, 3.8) is 0 Å². The minimum absolute atomic E-state index is 0.0865. The first-order chi connectivity index (χ1) is 16.7. The summed E-state index contributed by atoms with van der Waals surface area (Å²) in [7, 11) is -4.09. The predicted octanol–water partition coefficient (Wildman–Crippen LogP) is 1.71. The van der Waals surface area contributed by atoms with E-state index in [1.165, 1.54) is 18.2 Å². The molecule has 0 radical (unpaired) electrons. The second kappa shape index (κ2) is 10.4. The van der Waals surface area contributed by atoms with Crippen LogP contribution in [0.5, 0.6) is 23.0 Å². The SMILES string of the molecule is CC(C)[C@H](NS(=O)(=O)c1ccc2c(c1)OCCO2)C(=O)OCC(=O)Nc1ccc2c(c1)OCCO2. The monoisotopic (exact) mass is 506 g/mol. The van der Waals surface area contributed by atoms with Gasteiger partial charge in [-0.1, -0.05) is 13.8 Å². The van der Waals surface area contributed by atoms with Crippen LogP contribution >= 0.6 is 0 Å². The minimum Gasteiger partial charge on any atom is -0.486 e. The van der Waals surface area contributed by atoms with Crippen molar-refractivity contribution in [2.75, 3.05) is 38.4 Å². The number of esters is 1. The maximum absolute atomic E-state index is 12.9. The van der Waals surface area contributed by atoms with Crippen LogP contribution < -0.4 is 29.0 Å². The van der Waals surface area contributed by atoms with Crippen molar-refractivity contribution in [1.82, 2.24) is 4.72 Å². The summed E-state index contributed by atoms with van der Waals surface area (Å²) in [6, 6.07) is 7.87. The summed E-state index contributed by atoms with van der Waals surface area (Å²) in [6.45, 7) is 4.26. The molecule has 188 valence electrons. The van der Waals surface area contributed by atoms with E-state index in [9.17, 15) is 18.0 Å². The second-order valence-electron chi connectivity index (χ2n) is 8.16. The summed E-state index contributed by atoms with van der Waals surface area (Å²) in [5.74, 6) is -0.0936. The van der Waals surface area contributed by atoms with E-state index in [0.717, 1.165) is 0 Å². The molecule has 2 heterocycles. The van der Waals surface area contributed by atoms with Gasteiger partial charge in [-0.05, 0) is 30.2 Å². The Labute approximate surface area is 202 Å². The quantitative estimate of drug-likeness (QED) is 0.512. The van der Waals surface area contributed by atoms with E-state index < -0.39 is 40.5 Å². The van der Waals surface area contributed by atoms with Crippen LogP contribution in [-0.2, 0) is 24.3 Å². The largest absolute Gasteiger partial charge is 0.486 e. The summed E-state index contributed by atoms with van der Waals surface area (Å²) in [5.41, 5.74) is 0.440. The highest BCUT2D eigenvalue weighted by Crippen LogP contribution is 2.33. The number of nitrogens with one attached hydrogen (secondary N) is 2. The average Bonchev–Trinajstić information content (AvgIpc) is 2.85. The molecule has 2 N–H and O–H groups in total. The predicted molar refractivity (Wildman–Crippen MR) is 123 cm³/mol. The van der Waals surface area contributed by atoms with Crippen LogP contribution in [-0.4, -0.2) is 59.4 Å². The van der Waals surface area contributed by atoms with Crippen LogP contribution in [0, 0.1) is 5.92 Å². The Morgan fingerprint density at radius 2 is 1.46 bits per heavy atom. The van der Waals surface area contributed by atoms with Crippen molar-refractivity contribution in [3.8, 4) is 23.0 Å². The van der Waals surface area contributed by atoms with Crippen molar-refractivity contribution in [3.05, 3.63) is 36.4 Å². The van der Waals surface area contributed by atoms with Crippen molar-refractivity contribution in [1.29, 1.82) is 0 Å². The minimum atomic E-state index is -4.09. The molecule has 12 heteroatoms. The fourth-order valence-corrected chi connectivity index (χ4v) is 4.78. The lowest BCUT2D eigenvalue weighted by Crippen LogP contribution is -2.45. The van der Waals surface area contributed by atoms with E-state index in [-0.39, 0.29) is 4.90 Å². The van der Waals surface area contributed by atoms with Crippen LogP contribution in [0.1, 0.15) is 13.8 Å². The molecule has 1 amide bonds. The van der Waals surface area contributed by atoms with E-state index in [1.54, 1.807) is 32.0 Å². The Hall–Kier alpha value is -3.51. The molecule has 0 bridgehead atoms. The first-order valence-electron chi connectivity index (χ1n) is 11.0. The molecule has 4 rings (SSSR count). The van der Waals surface area contributed by atoms with E-state index in [1.807, 2.05) is 0 Å². The van der Waals surface area contributed by atoms with Crippen molar-refractivity contribution in [2.45, 2.75) is 24.8 Å². The summed E-state index contributed by atoms with van der Waals surface area (Å²) in [4.78, 5) is 24.9. The summed E-state index contributed by atoms with van der Waals surface area (Å²) >= 11 is 0. The number of rotatable bonds is 8. The van der Waals surface area contributed by atoms with Crippen molar-refractivity contribution < 1.29 is 41.7 Å². The molecule has 11 nitrogen and oxygen atoms in total. The second-order valence-corrected chi connectivity index (χ2v) is 9.88. The van der Waals surface area contributed by atoms with Gasteiger partial charge in [0.1, 0.15) is 32.5 Å². The molecular weight excluding hydrogens is 480 g/mol. The molecular formula is C23H26N2O9S. The lowest BCUT2D eigenvalue weighted by atomic mass is 10.1. The van der Waals surface area contributed by atoms with Gasteiger partial charge in [0, 0.05) is 17.8 Å². The fourth-order valence-electron chi connectivity index (χ4n) is 3.43. The Morgan fingerprint density at radius 1 is 0.886 bits per heavy atom. The molecule has 0 aliphatic carbocycles. The van der Waals surface area contributed by atoms with E-state index >= 15 is 0 Å². The molecule has 2 aromatic carbocycles. The highest BCUT2D eigenvalue weighted by molar-refractivity contribution is 7.89. The van der Waals surface area contributed by atoms with Gasteiger partial charge in [0.25, 0.3) is 5.91 Å². The summed E-state index contributed by atoms with van der Waals surface area (Å²) in [6.07, 6.45) is 0. The molecule has 0 fully saturated rings. The van der Waals surface area contributed by atoms with Crippen LogP contribution in [0.15, 0.2) is 41.3 Å². The Morgan fingerprint density at radius 3 is 2.09 bits per heavy atom. The third-order valence-corrected chi connectivity index (χ3v) is 6.64. The molecule has 0 saturated heterocycles. The van der Waals surface area contributed by atoms with Gasteiger partial charge < -0.3 is 29.0 Å². The molecule has 35 heavy (non-hydrogen) atoms. The number of hydrogen-bond donors (Lipinski definition) is 2. The average molecular weight is 507 g/mol. The smallest absolute Gasteiger partial charge is 0.324 e. The first kappa shape index (κ1) is 24.6. The van der Waals surface area contributed by atoms with E-state index in [4.69, 9.17) is 23.7 Å². The van der Waals surface area contributed by atoms with Crippen LogP contribution in [0.4, 0.5) is 5.69 Å². The highest BCUT2D eigenvalue weighted by Gasteiger charge is 2.31. The number of sulfonamides is 1. The summed E-state index contributed by atoms with van der Waals surface area (Å²) < 4.78 is 55.1. The van der Waals surface area contributed by atoms with Crippen LogP contribution in [0.25, 0.3) is 0 Å². The maximum atomic E-state index is 12.9. The topological polar surface area (TPSA) is 138 Å². The van der Waals surface area contributed by atoms with Gasteiger partial charge in [0.15, 0.2) is 29.6 Å². The zero-order chi connectivity index (χ0) is 25.0. The van der Waals surface area contributed by atoms with Crippen LogP contribution in [0.3, 0.4) is 0 Å². The standard InChI is InChI=1S/C23H26N2O9S/c1-14(2)22(25-35(28,29)16-4-6-18-20(12-16)33-10-8-31-18)23(27)34-13-21(26)24-15-3-5-17-19(11-15)32-9-7-30-17/h3-6,11-12,14,22,25H,7-10,13H2,1-2H3,(H,24,26)/t22-/m0/s1. The zero-order valence-electron chi connectivity index (χ0n) is 19.2. The molecule has 0 unspecified atom stereocenters. The normalized spacial score (nSPS) is 15.3. The third-order valence-electron chi connectivity index (χ3n) is 5.20. The van der Waals surface area contributed by atoms with E-state index in [2.05, 4.69) is 10.0 Å². The van der Waals surface area contributed by atoms with Gasteiger partial charge in [-0.3, -0.25) is 9.59 Å². The highest BCUT2D eigenvalue weighted by atomic mass is 32.2. The first-order valence-corrected chi connectivity index (χ1v) is 12.5. The van der Waals surface area contributed by atoms with Gasteiger partial charge in [-0.25, -0.2) is 8.42 Å². The number of benzene rings is 2. The molecule has 0 aromatic heterocycles. The fraction of sp³-hybridized carbons (Fsp3) is 0.391. The lowest BCUT2D eigenvalue weighted by molar-refractivity contribution is -0.150. The van der Waals surface area contributed by atoms with Gasteiger partial charge in [0.2, 0.25) is 10.0 Å². The number of hydrogen-bond acceptors (Lipinski definition) is 9. The Bertz CT molecular complexity index is 1210. The maximum Gasteiger partial charge on any atom is 0.324 e. The number of ether oxygens (including phenoxy) is 5. The third kappa shape index (κ3) is 5.95. The van der Waals surface area contributed by atoms with Gasteiger partial charge >= 0.3 is 5.97 Å². The number of amides is 1. The Balaban J connectivity index is 1.36. The van der Waals surface area contributed by atoms with Gasteiger partial charge in [0.05, 0.1) is 4.90 Å². The molecule has 2 aliphatic rings. The van der Waals surface area contributed by atoms with Crippen molar-refractivity contribution >= 4 is 27.6 Å². The van der Waals surface area contributed by atoms with Gasteiger partial charge in [-0.2, -0.15) is 4.72 Å². The van der Waals surface area contributed by atoms with Crippen molar-refractivity contribution in [2.24, 2.45) is 5.92 Å². The zero-order valence-corrected chi connectivity index (χ0v) is 20.1. The number of carbonyl (C=O) groups is 2. The van der Waals surface area contributed by atoms with Gasteiger partial charge in [-0.15, -0.1) is 0 Å². The summed E-state index contributed by atoms with van der Waals surface area (Å²) in [5, 5.41) is 2.60. The number of fused-ring (bicyclic) bond motifs is 2. The molecule has 0 saturated carbocycles.